The van der Waals surface area contributed by atoms with Crippen molar-refractivity contribution >= 4 is 5.97 Å². The number of nitrogens with zero attached hydrogens (tertiary/aromatic N) is 2. The Morgan fingerprint density at radius 3 is 2.95 bits per heavy atom. The molecule has 1 aromatic rings. The van der Waals surface area contributed by atoms with E-state index in [1.54, 1.807) is 0 Å². The van der Waals surface area contributed by atoms with Crippen LogP contribution in [-0.4, -0.2) is 27.4 Å². The van der Waals surface area contributed by atoms with Crippen LogP contribution in [0.4, 0.5) is 0 Å². The van der Waals surface area contributed by atoms with Gasteiger partial charge in [-0.25, -0.2) is 0 Å². The molecule has 2 N–H and O–H groups in total. The Bertz CT molecular complexity index is 438. The maximum Gasteiger partial charge on any atom is 0.303 e. The van der Waals surface area contributed by atoms with Crippen molar-refractivity contribution in [3.8, 4) is 0 Å². The van der Waals surface area contributed by atoms with E-state index in [-0.39, 0.29) is 6.42 Å². The van der Waals surface area contributed by atoms with Gasteiger partial charge in [-0.15, -0.1) is 0 Å². The van der Waals surface area contributed by atoms with Crippen LogP contribution in [0.1, 0.15) is 63.6 Å². The van der Waals surface area contributed by atoms with E-state index >= 15 is 0 Å². The Balaban J connectivity index is 1.61. The van der Waals surface area contributed by atoms with E-state index in [0.29, 0.717) is 12.0 Å². The summed E-state index contributed by atoms with van der Waals surface area (Å²) in [5.74, 6) is -0.253. The van der Waals surface area contributed by atoms with Crippen molar-refractivity contribution in [2.45, 2.75) is 64.5 Å². The van der Waals surface area contributed by atoms with Crippen molar-refractivity contribution in [1.29, 1.82) is 0 Å². The minimum absolute atomic E-state index is 0.271. The van der Waals surface area contributed by atoms with Gasteiger partial charge in [-0.2, -0.15) is 5.10 Å². The van der Waals surface area contributed by atoms with Crippen LogP contribution >= 0.6 is 0 Å². The average molecular weight is 293 g/mol. The number of carboxylic acid groups (broad SMARTS) is 1. The minimum Gasteiger partial charge on any atom is -0.481 e. The molecule has 0 amide bonds. The fourth-order valence-electron chi connectivity index (χ4n) is 2.92. The predicted octanol–water partition coefficient (Wildman–Crippen LogP) is 2.98. The van der Waals surface area contributed by atoms with Gasteiger partial charge < -0.3 is 10.4 Å². The van der Waals surface area contributed by atoms with Crippen LogP contribution in [0, 0.1) is 5.92 Å². The first-order valence-corrected chi connectivity index (χ1v) is 8.11. The highest BCUT2D eigenvalue weighted by molar-refractivity contribution is 5.66. The zero-order valence-electron chi connectivity index (χ0n) is 12.9. The number of aliphatic carboxylic acids is 1. The molecule has 118 valence electrons. The summed E-state index contributed by atoms with van der Waals surface area (Å²) in [7, 11) is 0. The molecule has 0 bridgehead atoms. The van der Waals surface area contributed by atoms with Crippen molar-refractivity contribution < 1.29 is 9.90 Å². The highest BCUT2D eigenvalue weighted by Crippen LogP contribution is 2.28. The number of rotatable bonds is 9. The highest BCUT2D eigenvalue weighted by atomic mass is 16.4. The maximum absolute atomic E-state index is 10.5. The summed E-state index contributed by atoms with van der Waals surface area (Å²) in [5.41, 5.74) is 1.10. The molecule has 1 unspecified atom stereocenters. The Morgan fingerprint density at radius 1 is 1.48 bits per heavy atom. The third kappa shape index (κ3) is 5.50. The molecule has 1 saturated carbocycles. The number of nitrogens with one attached hydrogen (secondary N) is 1. The smallest absolute Gasteiger partial charge is 0.303 e. The molecular formula is C16H27N3O2. The predicted molar refractivity (Wildman–Crippen MR) is 82.1 cm³/mol. The molecule has 1 aliphatic rings. The second kappa shape index (κ2) is 8.17. The molecular weight excluding hydrogens is 266 g/mol. The summed E-state index contributed by atoms with van der Waals surface area (Å²) in [6, 6.07) is 2.70. The molecule has 1 fully saturated rings. The van der Waals surface area contributed by atoms with Crippen molar-refractivity contribution in [3.63, 3.8) is 0 Å². The van der Waals surface area contributed by atoms with E-state index < -0.39 is 5.97 Å². The largest absolute Gasteiger partial charge is 0.481 e. The molecule has 0 aliphatic heterocycles. The van der Waals surface area contributed by atoms with E-state index in [1.807, 2.05) is 0 Å². The van der Waals surface area contributed by atoms with Gasteiger partial charge in [-0.3, -0.25) is 9.48 Å². The van der Waals surface area contributed by atoms with Gasteiger partial charge in [0.1, 0.15) is 0 Å². The maximum atomic E-state index is 10.5. The van der Waals surface area contributed by atoms with Crippen molar-refractivity contribution in [1.82, 2.24) is 15.1 Å². The average Bonchev–Trinajstić information content (AvgIpc) is 3.11. The molecule has 1 atom stereocenters. The highest BCUT2D eigenvalue weighted by Gasteiger charge is 2.17. The SMILES string of the molecule is CC(CCNCc1ccn(C2CCCC2)n1)CCC(=O)O. The van der Waals surface area contributed by atoms with Crippen LogP contribution in [0.3, 0.4) is 0 Å². The van der Waals surface area contributed by atoms with Gasteiger partial charge in [0, 0.05) is 19.2 Å². The molecule has 5 heteroatoms. The zero-order chi connectivity index (χ0) is 15.1. The summed E-state index contributed by atoms with van der Waals surface area (Å²) in [6.45, 7) is 3.82. The van der Waals surface area contributed by atoms with Crippen LogP contribution in [0.5, 0.6) is 0 Å². The zero-order valence-corrected chi connectivity index (χ0v) is 12.9. The fraction of sp³-hybridized carbons (Fsp3) is 0.750. The number of hydrogen-bond donors (Lipinski definition) is 2. The van der Waals surface area contributed by atoms with Crippen LogP contribution < -0.4 is 5.32 Å². The molecule has 0 spiro atoms. The Labute approximate surface area is 126 Å². The first-order valence-electron chi connectivity index (χ1n) is 8.11. The molecule has 0 aromatic carbocycles. The second-order valence-corrected chi connectivity index (χ2v) is 6.23. The molecule has 1 aliphatic carbocycles. The summed E-state index contributed by atoms with van der Waals surface area (Å²) in [6.07, 6.45) is 9.31. The van der Waals surface area contributed by atoms with E-state index in [0.717, 1.165) is 31.6 Å². The number of carboxylic acids is 1. The Morgan fingerprint density at radius 2 is 2.24 bits per heavy atom. The number of carbonyl (C=O) groups is 1. The monoisotopic (exact) mass is 293 g/mol. The normalized spacial score (nSPS) is 17.2. The van der Waals surface area contributed by atoms with Gasteiger partial charge in [0.25, 0.3) is 0 Å². The third-order valence-corrected chi connectivity index (χ3v) is 4.33. The van der Waals surface area contributed by atoms with Gasteiger partial charge in [0.15, 0.2) is 0 Å². The van der Waals surface area contributed by atoms with E-state index in [4.69, 9.17) is 5.11 Å². The molecule has 21 heavy (non-hydrogen) atoms. The number of hydrogen-bond acceptors (Lipinski definition) is 3. The summed E-state index contributed by atoms with van der Waals surface area (Å²) in [4.78, 5) is 10.5. The number of aromatic nitrogens is 2. The van der Waals surface area contributed by atoms with Crippen molar-refractivity contribution in [2.24, 2.45) is 5.92 Å². The lowest BCUT2D eigenvalue weighted by atomic mass is 10.0. The summed E-state index contributed by atoms with van der Waals surface area (Å²) in [5, 5.41) is 16.7. The molecule has 2 rings (SSSR count). The van der Waals surface area contributed by atoms with Crippen LogP contribution in [0.2, 0.25) is 0 Å². The minimum atomic E-state index is -0.702. The molecule has 1 heterocycles. The summed E-state index contributed by atoms with van der Waals surface area (Å²) < 4.78 is 2.12. The van der Waals surface area contributed by atoms with E-state index in [9.17, 15) is 4.79 Å². The molecule has 5 nitrogen and oxygen atoms in total. The van der Waals surface area contributed by atoms with Gasteiger partial charge >= 0.3 is 5.97 Å². The van der Waals surface area contributed by atoms with Gasteiger partial charge in [-0.1, -0.05) is 19.8 Å². The lowest BCUT2D eigenvalue weighted by molar-refractivity contribution is -0.137. The topological polar surface area (TPSA) is 67.2 Å². The lowest BCUT2D eigenvalue weighted by Crippen LogP contribution is -2.18. The first kappa shape index (κ1) is 16.0. The van der Waals surface area contributed by atoms with Crippen LogP contribution in [-0.2, 0) is 11.3 Å². The van der Waals surface area contributed by atoms with Crippen LogP contribution in [0.15, 0.2) is 12.3 Å². The van der Waals surface area contributed by atoms with Crippen molar-refractivity contribution in [3.05, 3.63) is 18.0 Å². The Kier molecular flexibility index (Phi) is 6.23. The molecule has 1 aromatic heterocycles. The standard InChI is InChI=1S/C16H27N3O2/c1-13(6-7-16(20)21)8-10-17-12-14-9-11-19(18-14)15-4-2-3-5-15/h9,11,13,15,17H,2-8,10,12H2,1H3,(H,20,21). The van der Waals surface area contributed by atoms with E-state index in [1.165, 1.54) is 25.7 Å². The lowest BCUT2D eigenvalue weighted by Gasteiger charge is -2.10. The van der Waals surface area contributed by atoms with Crippen LogP contribution in [0.25, 0.3) is 0 Å². The fourth-order valence-corrected chi connectivity index (χ4v) is 2.92. The van der Waals surface area contributed by atoms with Gasteiger partial charge in [0.05, 0.1) is 11.7 Å². The van der Waals surface area contributed by atoms with E-state index in [2.05, 4.69) is 34.3 Å². The van der Waals surface area contributed by atoms with Gasteiger partial charge in [0.2, 0.25) is 0 Å². The molecule has 0 saturated heterocycles. The third-order valence-electron chi connectivity index (χ3n) is 4.33. The summed E-state index contributed by atoms with van der Waals surface area (Å²) >= 11 is 0. The first-order chi connectivity index (χ1) is 10.1. The van der Waals surface area contributed by atoms with Crippen molar-refractivity contribution in [2.75, 3.05) is 6.54 Å². The Hall–Kier alpha value is -1.36. The quantitative estimate of drug-likeness (QED) is 0.687. The molecule has 0 radical (unpaired) electrons. The van der Waals surface area contributed by atoms with Gasteiger partial charge in [-0.05, 0) is 44.2 Å². The second-order valence-electron chi connectivity index (χ2n) is 6.23.